The van der Waals surface area contributed by atoms with E-state index >= 15 is 0 Å². The van der Waals surface area contributed by atoms with Gasteiger partial charge in [0.05, 0.1) is 18.9 Å². The third-order valence-corrected chi connectivity index (χ3v) is 5.76. The predicted octanol–water partition coefficient (Wildman–Crippen LogP) is 2.12. The Morgan fingerprint density at radius 1 is 1.16 bits per heavy atom. The van der Waals surface area contributed by atoms with Gasteiger partial charge in [-0.05, 0) is 36.4 Å². The molecule has 2 aromatic heterocycles. The van der Waals surface area contributed by atoms with Crippen LogP contribution in [0.25, 0.3) is 11.4 Å². The monoisotopic (exact) mass is 419 g/mol. The standard InChI is InChI=1S/C22H21N5O4/c1-30-18-6-4-17(5-7-18)27-13-15(9-19(27)28)22(29)26-11-16(12-26)21-24-20(25-31-21)14-3-2-8-23-10-14/h2-8,10,15-16H,9,11-13H2,1H3. The Hall–Kier alpha value is -3.75. The van der Waals surface area contributed by atoms with Crippen molar-refractivity contribution in [2.24, 2.45) is 5.92 Å². The van der Waals surface area contributed by atoms with Crippen molar-refractivity contribution in [3.63, 3.8) is 0 Å². The highest BCUT2D eigenvalue weighted by Crippen LogP contribution is 2.32. The lowest BCUT2D eigenvalue weighted by Gasteiger charge is -2.38. The summed E-state index contributed by atoms with van der Waals surface area (Å²) in [6.45, 7) is 1.42. The zero-order chi connectivity index (χ0) is 21.4. The number of carbonyl (C=O) groups is 2. The number of methoxy groups -OCH3 is 1. The minimum atomic E-state index is -0.343. The van der Waals surface area contributed by atoms with Crippen molar-refractivity contribution in [3.05, 3.63) is 54.7 Å². The smallest absolute Gasteiger partial charge is 0.233 e. The minimum Gasteiger partial charge on any atom is -0.497 e. The van der Waals surface area contributed by atoms with Crippen LogP contribution in [-0.2, 0) is 9.59 Å². The molecule has 2 aliphatic rings. The Morgan fingerprint density at radius 3 is 2.68 bits per heavy atom. The quantitative estimate of drug-likeness (QED) is 0.624. The SMILES string of the molecule is COc1ccc(N2CC(C(=O)N3CC(c4nc(-c5cccnc5)no4)C3)CC2=O)cc1. The highest BCUT2D eigenvalue weighted by atomic mass is 16.5. The number of aromatic nitrogens is 3. The van der Waals surface area contributed by atoms with E-state index in [0.29, 0.717) is 31.3 Å². The van der Waals surface area contributed by atoms with E-state index in [0.717, 1.165) is 17.0 Å². The highest BCUT2D eigenvalue weighted by Gasteiger charge is 2.42. The summed E-state index contributed by atoms with van der Waals surface area (Å²) in [5.74, 6) is 1.35. The maximum Gasteiger partial charge on any atom is 0.233 e. The lowest BCUT2D eigenvalue weighted by Crippen LogP contribution is -2.51. The van der Waals surface area contributed by atoms with Crippen LogP contribution in [0.5, 0.6) is 5.75 Å². The van der Waals surface area contributed by atoms with Gasteiger partial charge < -0.3 is 19.1 Å². The van der Waals surface area contributed by atoms with Crippen LogP contribution in [0.3, 0.4) is 0 Å². The zero-order valence-corrected chi connectivity index (χ0v) is 17.0. The van der Waals surface area contributed by atoms with E-state index in [4.69, 9.17) is 9.26 Å². The predicted molar refractivity (Wildman–Crippen MR) is 110 cm³/mol. The van der Waals surface area contributed by atoms with Crippen LogP contribution in [0.15, 0.2) is 53.3 Å². The largest absolute Gasteiger partial charge is 0.497 e. The second-order valence-electron chi connectivity index (χ2n) is 7.74. The summed E-state index contributed by atoms with van der Waals surface area (Å²) < 4.78 is 10.5. The number of benzene rings is 1. The lowest BCUT2D eigenvalue weighted by molar-refractivity contribution is -0.140. The molecule has 0 N–H and O–H groups in total. The van der Waals surface area contributed by atoms with Crippen LogP contribution in [0.2, 0.25) is 0 Å². The number of carbonyl (C=O) groups excluding carboxylic acids is 2. The van der Waals surface area contributed by atoms with Gasteiger partial charge in [0, 0.05) is 49.7 Å². The van der Waals surface area contributed by atoms with Gasteiger partial charge in [0.2, 0.25) is 23.5 Å². The Kier molecular flexibility index (Phi) is 4.85. The van der Waals surface area contributed by atoms with Crippen molar-refractivity contribution < 1.29 is 18.8 Å². The van der Waals surface area contributed by atoms with Crippen LogP contribution >= 0.6 is 0 Å². The minimum absolute atomic E-state index is 0.00684. The fraction of sp³-hybridized carbons (Fsp3) is 0.318. The molecule has 1 aromatic carbocycles. The Balaban J connectivity index is 1.19. The number of hydrogen-bond donors (Lipinski definition) is 0. The van der Waals surface area contributed by atoms with Crippen LogP contribution in [0.1, 0.15) is 18.2 Å². The molecule has 3 aromatic rings. The van der Waals surface area contributed by atoms with Crippen LogP contribution < -0.4 is 9.64 Å². The first-order valence-corrected chi connectivity index (χ1v) is 10.1. The van der Waals surface area contributed by atoms with Crippen molar-refractivity contribution in [1.82, 2.24) is 20.0 Å². The topological polar surface area (TPSA) is 102 Å². The van der Waals surface area contributed by atoms with Crippen molar-refractivity contribution in [1.29, 1.82) is 0 Å². The van der Waals surface area contributed by atoms with Gasteiger partial charge in [-0.3, -0.25) is 14.6 Å². The maximum atomic E-state index is 12.9. The summed E-state index contributed by atoms with van der Waals surface area (Å²) in [5.41, 5.74) is 1.56. The van der Waals surface area contributed by atoms with E-state index in [1.165, 1.54) is 0 Å². The molecular formula is C22H21N5O4. The van der Waals surface area contributed by atoms with Crippen molar-refractivity contribution >= 4 is 17.5 Å². The summed E-state index contributed by atoms with van der Waals surface area (Å²) >= 11 is 0. The average Bonchev–Trinajstić information content (AvgIpc) is 3.41. The Morgan fingerprint density at radius 2 is 1.97 bits per heavy atom. The number of pyridine rings is 1. The van der Waals surface area contributed by atoms with E-state index in [1.54, 1.807) is 29.3 Å². The number of likely N-dealkylation sites (tertiary alicyclic amines) is 1. The molecule has 4 heterocycles. The third kappa shape index (κ3) is 3.63. The first-order valence-electron chi connectivity index (χ1n) is 10.1. The Bertz CT molecular complexity index is 1090. The maximum absolute atomic E-state index is 12.9. The Labute approximate surface area is 178 Å². The van der Waals surface area contributed by atoms with E-state index in [2.05, 4.69) is 15.1 Å². The molecule has 9 heteroatoms. The number of anilines is 1. The van der Waals surface area contributed by atoms with Crippen LogP contribution in [0, 0.1) is 5.92 Å². The molecule has 0 radical (unpaired) electrons. The summed E-state index contributed by atoms with van der Waals surface area (Å²) in [5, 5.41) is 4.01. The normalized spacial score (nSPS) is 18.9. The molecule has 2 saturated heterocycles. The molecule has 5 rings (SSSR count). The van der Waals surface area contributed by atoms with Gasteiger partial charge in [-0.25, -0.2) is 0 Å². The molecule has 1 atom stereocenters. The van der Waals surface area contributed by atoms with Crippen molar-refractivity contribution in [3.8, 4) is 17.1 Å². The number of rotatable bonds is 5. The van der Waals surface area contributed by atoms with Crippen molar-refractivity contribution in [2.75, 3.05) is 31.6 Å². The number of ether oxygens (including phenoxy) is 1. The molecule has 158 valence electrons. The first-order chi connectivity index (χ1) is 15.1. The molecule has 2 aliphatic heterocycles. The molecule has 0 bridgehead atoms. The second-order valence-corrected chi connectivity index (χ2v) is 7.74. The summed E-state index contributed by atoms with van der Waals surface area (Å²) in [6.07, 6.45) is 3.58. The molecular weight excluding hydrogens is 398 g/mol. The van der Waals surface area contributed by atoms with Gasteiger partial charge in [0.15, 0.2) is 0 Å². The van der Waals surface area contributed by atoms with Gasteiger partial charge in [-0.1, -0.05) is 5.16 Å². The van der Waals surface area contributed by atoms with E-state index in [9.17, 15) is 9.59 Å². The summed E-state index contributed by atoms with van der Waals surface area (Å²) in [4.78, 5) is 37.3. The zero-order valence-electron chi connectivity index (χ0n) is 17.0. The number of amides is 2. The lowest BCUT2D eigenvalue weighted by atomic mass is 9.96. The van der Waals surface area contributed by atoms with Gasteiger partial charge >= 0.3 is 0 Å². The molecule has 31 heavy (non-hydrogen) atoms. The third-order valence-electron chi connectivity index (χ3n) is 5.76. The summed E-state index contributed by atoms with van der Waals surface area (Å²) in [7, 11) is 1.60. The molecule has 0 aliphatic carbocycles. The second kappa shape index (κ2) is 7.82. The molecule has 2 fully saturated rings. The van der Waals surface area contributed by atoms with E-state index < -0.39 is 0 Å². The van der Waals surface area contributed by atoms with Gasteiger partial charge in [0.25, 0.3) is 0 Å². The number of nitrogens with zero attached hydrogens (tertiary/aromatic N) is 5. The van der Waals surface area contributed by atoms with Gasteiger partial charge in [-0.2, -0.15) is 4.98 Å². The van der Waals surface area contributed by atoms with Crippen LogP contribution in [0.4, 0.5) is 5.69 Å². The van der Waals surface area contributed by atoms with Crippen molar-refractivity contribution in [2.45, 2.75) is 12.3 Å². The van der Waals surface area contributed by atoms with E-state index in [-0.39, 0.29) is 30.1 Å². The van der Waals surface area contributed by atoms with E-state index in [1.807, 2.05) is 36.4 Å². The molecule has 2 amide bonds. The fourth-order valence-electron chi connectivity index (χ4n) is 3.97. The molecule has 0 saturated carbocycles. The van der Waals surface area contributed by atoms with Gasteiger partial charge in [-0.15, -0.1) is 0 Å². The molecule has 0 spiro atoms. The average molecular weight is 419 g/mol. The van der Waals surface area contributed by atoms with Crippen LogP contribution in [-0.4, -0.2) is 58.6 Å². The van der Waals surface area contributed by atoms with Gasteiger partial charge in [0.1, 0.15) is 5.75 Å². The molecule has 9 nitrogen and oxygen atoms in total. The highest BCUT2D eigenvalue weighted by molar-refractivity contribution is 6.00. The molecule has 1 unspecified atom stereocenters. The summed E-state index contributed by atoms with van der Waals surface area (Å²) in [6, 6.07) is 11.0. The first kappa shape index (κ1) is 19.2. The number of hydrogen-bond acceptors (Lipinski definition) is 7. The fourth-order valence-corrected chi connectivity index (χ4v) is 3.97.